The smallest absolute Gasteiger partial charge is 0.0624 e. The summed E-state index contributed by atoms with van der Waals surface area (Å²) in [4.78, 5) is 0. The number of aryl methyl sites for hydroxylation is 2. The Labute approximate surface area is 111 Å². The highest BCUT2D eigenvalue weighted by Crippen LogP contribution is 2.45. The molecule has 1 heterocycles. The van der Waals surface area contributed by atoms with Crippen LogP contribution < -0.4 is 5.73 Å². The quantitative estimate of drug-likeness (QED) is 0.891. The zero-order chi connectivity index (χ0) is 13.4. The third-order valence-corrected chi connectivity index (χ3v) is 4.84. The van der Waals surface area contributed by atoms with Crippen molar-refractivity contribution in [3.8, 4) is 0 Å². The second kappa shape index (κ2) is 4.69. The Bertz CT molecular complexity index is 419. The molecule has 2 N–H and O–H groups in total. The van der Waals surface area contributed by atoms with Gasteiger partial charge in [0.2, 0.25) is 0 Å². The molecule has 18 heavy (non-hydrogen) atoms. The van der Waals surface area contributed by atoms with Gasteiger partial charge in [-0.3, -0.25) is 4.68 Å². The summed E-state index contributed by atoms with van der Waals surface area (Å²) in [5.41, 5.74) is 9.37. The molecule has 1 aliphatic rings. The fourth-order valence-electron chi connectivity index (χ4n) is 3.19. The zero-order valence-electron chi connectivity index (χ0n) is 12.3. The molecule has 0 radical (unpaired) electrons. The molecule has 0 aromatic carbocycles. The molecule has 0 amide bonds. The van der Waals surface area contributed by atoms with Crippen LogP contribution in [0.2, 0.25) is 0 Å². The summed E-state index contributed by atoms with van der Waals surface area (Å²) < 4.78 is 2.13. The number of rotatable bonds is 4. The Hall–Kier alpha value is -0.830. The fourth-order valence-corrected chi connectivity index (χ4v) is 3.19. The van der Waals surface area contributed by atoms with Crippen LogP contribution in [0, 0.1) is 5.41 Å². The lowest BCUT2D eigenvalue weighted by Gasteiger charge is -2.38. The van der Waals surface area contributed by atoms with Crippen molar-refractivity contribution in [1.82, 2.24) is 9.78 Å². The van der Waals surface area contributed by atoms with Crippen molar-refractivity contribution < 1.29 is 0 Å². The van der Waals surface area contributed by atoms with Gasteiger partial charge in [-0.15, -0.1) is 0 Å². The van der Waals surface area contributed by atoms with Crippen LogP contribution >= 0.6 is 0 Å². The van der Waals surface area contributed by atoms with E-state index in [1.165, 1.54) is 24.2 Å². The second-order valence-corrected chi connectivity index (χ2v) is 6.37. The van der Waals surface area contributed by atoms with E-state index in [4.69, 9.17) is 5.73 Å². The molecule has 3 heteroatoms. The van der Waals surface area contributed by atoms with Gasteiger partial charge in [0.1, 0.15) is 0 Å². The summed E-state index contributed by atoms with van der Waals surface area (Å²) in [5.74, 6) is 0. The summed E-state index contributed by atoms with van der Waals surface area (Å²) in [6.07, 6.45) is 5.59. The van der Waals surface area contributed by atoms with Crippen LogP contribution in [-0.2, 0) is 19.4 Å². The van der Waals surface area contributed by atoms with Gasteiger partial charge in [0.15, 0.2) is 0 Å². The van der Waals surface area contributed by atoms with E-state index in [-0.39, 0.29) is 11.0 Å². The highest BCUT2D eigenvalue weighted by Gasteiger charge is 2.46. The molecule has 3 nitrogen and oxygen atoms in total. The number of hydrogen-bond acceptors (Lipinski definition) is 2. The Morgan fingerprint density at radius 2 is 2.06 bits per heavy atom. The van der Waals surface area contributed by atoms with Gasteiger partial charge in [0.05, 0.1) is 5.69 Å². The van der Waals surface area contributed by atoms with E-state index < -0.39 is 0 Å². The fraction of sp³-hybridized carbons (Fsp3) is 0.800. The molecule has 2 rings (SSSR count). The average Bonchev–Trinajstić information content (AvgIpc) is 2.81. The number of nitrogens with two attached hydrogens (primary N) is 1. The van der Waals surface area contributed by atoms with Crippen molar-refractivity contribution in [1.29, 1.82) is 0 Å². The molecule has 1 aliphatic carbocycles. The first kappa shape index (κ1) is 13.6. The SMILES string of the molecule is CCc1cc(CC2(N)CCCC2(C)C)n(CC)n1. The molecule has 0 spiro atoms. The van der Waals surface area contributed by atoms with Gasteiger partial charge in [-0.05, 0) is 37.7 Å². The minimum atomic E-state index is -0.0645. The van der Waals surface area contributed by atoms with Crippen molar-refractivity contribution >= 4 is 0 Å². The van der Waals surface area contributed by atoms with Crippen molar-refractivity contribution in [2.24, 2.45) is 11.1 Å². The lowest BCUT2D eigenvalue weighted by atomic mass is 9.73. The normalized spacial score (nSPS) is 26.7. The maximum atomic E-state index is 6.70. The predicted octanol–water partition coefficient (Wildman–Crippen LogP) is 2.92. The van der Waals surface area contributed by atoms with Gasteiger partial charge in [-0.2, -0.15) is 5.10 Å². The first-order valence-corrected chi connectivity index (χ1v) is 7.26. The van der Waals surface area contributed by atoms with Gasteiger partial charge in [-0.1, -0.05) is 27.2 Å². The molecule has 0 bridgehead atoms. The minimum Gasteiger partial charge on any atom is -0.324 e. The lowest BCUT2D eigenvalue weighted by molar-refractivity contribution is 0.203. The van der Waals surface area contributed by atoms with E-state index in [2.05, 4.69) is 43.5 Å². The number of aromatic nitrogens is 2. The van der Waals surface area contributed by atoms with Crippen LogP contribution in [0.4, 0.5) is 0 Å². The molecule has 1 fully saturated rings. The highest BCUT2D eigenvalue weighted by atomic mass is 15.3. The summed E-state index contributed by atoms with van der Waals surface area (Å²) >= 11 is 0. The second-order valence-electron chi connectivity index (χ2n) is 6.37. The van der Waals surface area contributed by atoms with Crippen LogP contribution in [0.15, 0.2) is 6.07 Å². The largest absolute Gasteiger partial charge is 0.324 e. The predicted molar refractivity (Wildman–Crippen MR) is 75.5 cm³/mol. The maximum Gasteiger partial charge on any atom is 0.0624 e. The maximum absolute atomic E-state index is 6.70. The molecule has 1 atom stereocenters. The number of hydrogen-bond donors (Lipinski definition) is 1. The first-order chi connectivity index (χ1) is 8.42. The summed E-state index contributed by atoms with van der Waals surface area (Å²) in [6, 6.07) is 2.24. The summed E-state index contributed by atoms with van der Waals surface area (Å²) in [5, 5.41) is 4.63. The minimum absolute atomic E-state index is 0.0645. The third kappa shape index (κ3) is 2.20. The highest BCUT2D eigenvalue weighted by molar-refractivity contribution is 5.17. The molecule has 102 valence electrons. The Morgan fingerprint density at radius 3 is 2.56 bits per heavy atom. The van der Waals surface area contributed by atoms with Crippen molar-refractivity contribution in [3.05, 3.63) is 17.5 Å². The van der Waals surface area contributed by atoms with E-state index in [9.17, 15) is 0 Å². The molecular weight excluding hydrogens is 222 g/mol. The summed E-state index contributed by atoms with van der Waals surface area (Å²) in [6.45, 7) is 9.87. The van der Waals surface area contributed by atoms with E-state index in [0.717, 1.165) is 25.8 Å². The van der Waals surface area contributed by atoms with E-state index >= 15 is 0 Å². The van der Waals surface area contributed by atoms with E-state index in [1.807, 2.05) is 0 Å². The molecular formula is C15H27N3. The Kier molecular flexibility index (Phi) is 3.54. The van der Waals surface area contributed by atoms with Gasteiger partial charge < -0.3 is 5.73 Å². The van der Waals surface area contributed by atoms with Crippen LogP contribution in [0.3, 0.4) is 0 Å². The molecule has 0 saturated heterocycles. The van der Waals surface area contributed by atoms with Crippen LogP contribution in [0.25, 0.3) is 0 Å². The molecule has 1 unspecified atom stereocenters. The van der Waals surface area contributed by atoms with Gasteiger partial charge in [0.25, 0.3) is 0 Å². The van der Waals surface area contributed by atoms with E-state index in [0.29, 0.717) is 0 Å². The van der Waals surface area contributed by atoms with Crippen LogP contribution in [-0.4, -0.2) is 15.3 Å². The van der Waals surface area contributed by atoms with Crippen LogP contribution in [0.5, 0.6) is 0 Å². The van der Waals surface area contributed by atoms with Gasteiger partial charge in [-0.25, -0.2) is 0 Å². The Balaban J connectivity index is 2.25. The Morgan fingerprint density at radius 1 is 1.33 bits per heavy atom. The van der Waals surface area contributed by atoms with E-state index in [1.54, 1.807) is 0 Å². The monoisotopic (exact) mass is 249 g/mol. The molecule has 1 aromatic rings. The van der Waals surface area contributed by atoms with Crippen LogP contribution in [0.1, 0.15) is 58.3 Å². The molecule has 1 aromatic heterocycles. The van der Waals surface area contributed by atoms with Crippen molar-refractivity contribution in [3.63, 3.8) is 0 Å². The van der Waals surface area contributed by atoms with Crippen molar-refractivity contribution in [2.75, 3.05) is 0 Å². The average molecular weight is 249 g/mol. The third-order valence-electron chi connectivity index (χ3n) is 4.84. The summed E-state index contributed by atoms with van der Waals surface area (Å²) in [7, 11) is 0. The first-order valence-electron chi connectivity index (χ1n) is 7.26. The molecule has 1 saturated carbocycles. The van der Waals surface area contributed by atoms with Crippen molar-refractivity contribution in [2.45, 2.75) is 71.9 Å². The lowest BCUT2D eigenvalue weighted by Crippen LogP contribution is -2.50. The molecule has 0 aliphatic heterocycles. The standard InChI is InChI=1S/C15H27N3/c1-5-12-10-13(18(6-2)17-12)11-15(16)9-7-8-14(15,3)4/h10H,5-9,11,16H2,1-4H3. The van der Waals surface area contributed by atoms with Gasteiger partial charge in [0, 0.05) is 24.2 Å². The number of nitrogens with zero attached hydrogens (tertiary/aromatic N) is 2. The topological polar surface area (TPSA) is 43.8 Å². The zero-order valence-corrected chi connectivity index (χ0v) is 12.3. The van der Waals surface area contributed by atoms with Gasteiger partial charge >= 0.3 is 0 Å².